The Morgan fingerprint density at radius 1 is 1.27 bits per heavy atom. The molecular formula is C16H19FN4S. The van der Waals surface area contributed by atoms with Gasteiger partial charge in [-0.3, -0.25) is 4.68 Å². The lowest BCUT2D eigenvalue weighted by Crippen LogP contribution is -2.35. The topological polar surface area (TPSA) is 41.9 Å². The Morgan fingerprint density at radius 2 is 2.00 bits per heavy atom. The van der Waals surface area contributed by atoms with Crippen molar-refractivity contribution in [3.05, 3.63) is 48.0 Å². The van der Waals surface area contributed by atoms with Gasteiger partial charge in [0.15, 0.2) is 5.11 Å². The molecule has 0 saturated heterocycles. The smallest absolute Gasteiger partial charge is 0.171 e. The summed E-state index contributed by atoms with van der Waals surface area (Å²) in [7, 11) is 0. The molecule has 0 spiro atoms. The minimum Gasteiger partial charge on any atom is -0.360 e. The minimum atomic E-state index is -0.227. The fourth-order valence-electron chi connectivity index (χ4n) is 2.71. The number of hydrogen-bond acceptors (Lipinski definition) is 2. The number of thiocarbonyl (C=S) groups is 1. The molecule has 1 fully saturated rings. The second-order valence-electron chi connectivity index (χ2n) is 5.63. The van der Waals surface area contributed by atoms with Crippen LogP contribution in [-0.2, 0) is 6.54 Å². The van der Waals surface area contributed by atoms with Gasteiger partial charge < -0.3 is 10.6 Å². The summed E-state index contributed by atoms with van der Waals surface area (Å²) in [5.74, 6) is -0.227. The Balaban J connectivity index is 1.54. The highest BCUT2D eigenvalue weighted by Crippen LogP contribution is 2.18. The van der Waals surface area contributed by atoms with Crippen LogP contribution in [0, 0.1) is 5.82 Å². The van der Waals surface area contributed by atoms with Gasteiger partial charge in [-0.25, -0.2) is 4.39 Å². The fraction of sp³-hybridized carbons (Fsp3) is 0.375. The van der Waals surface area contributed by atoms with Crippen LogP contribution in [0.4, 0.5) is 10.1 Å². The van der Waals surface area contributed by atoms with E-state index in [1.165, 1.54) is 37.8 Å². The van der Waals surface area contributed by atoms with Crippen molar-refractivity contribution in [2.24, 2.45) is 0 Å². The highest BCUT2D eigenvalue weighted by atomic mass is 32.1. The van der Waals surface area contributed by atoms with E-state index < -0.39 is 0 Å². The molecule has 0 unspecified atom stereocenters. The van der Waals surface area contributed by atoms with E-state index in [1.807, 2.05) is 6.20 Å². The lowest BCUT2D eigenvalue weighted by molar-refractivity contribution is 0.624. The van der Waals surface area contributed by atoms with E-state index in [-0.39, 0.29) is 5.82 Å². The number of rotatable bonds is 4. The van der Waals surface area contributed by atoms with E-state index in [1.54, 1.807) is 23.0 Å². The van der Waals surface area contributed by atoms with Gasteiger partial charge in [0.05, 0.1) is 18.4 Å². The number of nitrogens with one attached hydrogen (secondary N) is 2. The standard InChI is InChI=1S/C16H19FN4S/c17-13-7-5-12(6-8-13)10-21-11-15(9-18-21)20-16(22)19-14-3-1-2-4-14/h5-9,11,14H,1-4,10H2,(H2,19,20,22). The molecule has 4 nitrogen and oxygen atoms in total. The quantitative estimate of drug-likeness (QED) is 0.849. The van der Waals surface area contributed by atoms with Crippen LogP contribution in [0.25, 0.3) is 0 Å². The molecule has 1 aliphatic carbocycles. The normalized spacial score (nSPS) is 15.0. The zero-order valence-corrected chi connectivity index (χ0v) is 13.1. The third kappa shape index (κ3) is 4.04. The number of nitrogens with zero attached hydrogens (tertiary/aromatic N) is 2. The molecule has 1 heterocycles. The summed E-state index contributed by atoms with van der Waals surface area (Å²) in [6.45, 7) is 0.602. The predicted molar refractivity (Wildman–Crippen MR) is 89.3 cm³/mol. The molecule has 0 radical (unpaired) electrons. The van der Waals surface area contributed by atoms with Crippen LogP contribution in [0.5, 0.6) is 0 Å². The first-order valence-electron chi connectivity index (χ1n) is 7.53. The molecule has 1 aromatic heterocycles. The van der Waals surface area contributed by atoms with E-state index in [9.17, 15) is 4.39 Å². The summed E-state index contributed by atoms with van der Waals surface area (Å²) in [5.41, 5.74) is 1.86. The summed E-state index contributed by atoms with van der Waals surface area (Å²) in [4.78, 5) is 0. The van der Waals surface area contributed by atoms with E-state index in [2.05, 4.69) is 15.7 Å². The molecule has 6 heteroatoms. The van der Waals surface area contributed by atoms with Crippen molar-refractivity contribution < 1.29 is 4.39 Å². The van der Waals surface area contributed by atoms with Crippen molar-refractivity contribution >= 4 is 23.0 Å². The van der Waals surface area contributed by atoms with Gasteiger partial charge in [0.25, 0.3) is 0 Å². The average Bonchev–Trinajstić information content (AvgIpc) is 3.14. The molecule has 22 heavy (non-hydrogen) atoms. The maximum atomic E-state index is 12.9. The van der Waals surface area contributed by atoms with Crippen LogP contribution >= 0.6 is 12.2 Å². The second kappa shape index (κ2) is 6.87. The summed E-state index contributed by atoms with van der Waals surface area (Å²) in [6.07, 6.45) is 8.56. The monoisotopic (exact) mass is 318 g/mol. The van der Waals surface area contributed by atoms with Crippen molar-refractivity contribution in [2.75, 3.05) is 5.32 Å². The first kappa shape index (κ1) is 15.0. The van der Waals surface area contributed by atoms with Crippen molar-refractivity contribution in [3.63, 3.8) is 0 Å². The van der Waals surface area contributed by atoms with Gasteiger partial charge in [0.2, 0.25) is 0 Å². The Hall–Kier alpha value is -1.95. The zero-order chi connectivity index (χ0) is 15.4. The van der Waals surface area contributed by atoms with Crippen LogP contribution < -0.4 is 10.6 Å². The Labute approximate surface area is 134 Å². The highest BCUT2D eigenvalue weighted by molar-refractivity contribution is 7.80. The molecular weight excluding hydrogens is 299 g/mol. The minimum absolute atomic E-state index is 0.227. The van der Waals surface area contributed by atoms with E-state index >= 15 is 0 Å². The van der Waals surface area contributed by atoms with Gasteiger partial charge in [-0.1, -0.05) is 25.0 Å². The molecule has 0 aliphatic heterocycles. The zero-order valence-electron chi connectivity index (χ0n) is 12.3. The van der Waals surface area contributed by atoms with Crippen LogP contribution in [0.1, 0.15) is 31.2 Å². The van der Waals surface area contributed by atoms with Gasteiger partial charge in [-0.2, -0.15) is 5.10 Å². The maximum absolute atomic E-state index is 12.9. The Morgan fingerprint density at radius 3 is 2.73 bits per heavy atom. The molecule has 2 aromatic rings. The maximum Gasteiger partial charge on any atom is 0.171 e. The number of benzene rings is 1. The first-order chi connectivity index (χ1) is 10.7. The highest BCUT2D eigenvalue weighted by Gasteiger charge is 2.15. The molecule has 0 amide bonds. The number of hydrogen-bond donors (Lipinski definition) is 2. The molecule has 0 atom stereocenters. The third-order valence-corrected chi connectivity index (χ3v) is 4.06. The third-order valence-electron chi connectivity index (χ3n) is 3.84. The van der Waals surface area contributed by atoms with Crippen molar-refractivity contribution in [1.82, 2.24) is 15.1 Å². The molecule has 1 aromatic carbocycles. The van der Waals surface area contributed by atoms with Gasteiger partial charge >= 0.3 is 0 Å². The number of aromatic nitrogens is 2. The molecule has 1 aliphatic rings. The van der Waals surface area contributed by atoms with E-state index in [4.69, 9.17) is 12.2 Å². The number of halogens is 1. The summed E-state index contributed by atoms with van der Waals surface area (Å²) >= 11 is 5.33. The summed E-state index contributed by atoms with van der Waals surface area (Å²) < 4.78 is 14.7. The predicted octanol–water partition coefficient (Wildman–Crippen LogP) is 3.30. The number of anilines is 1. The van der Waals surface area contributed by atoms with Crippen LogP contribution in [0.3, 0.4) is 0 Å². The van der Waals surface area contributed by atoms with Crippen LogP contribution in [0.2, 0.25) is 0 Å². The molecule has 1 saturated carbocycles. The first-order valence-corrected chi connectivity index (χ1v) is 7.94. The van der Waals surface area contributed by atoms with Gasteiger partial charge in [0.1, 0.15) is 5.82 Å². The second-order valence-corrected chi connectivity index (χ2v) is 6.04. The van der Waals surface area contributed by atoms with Crippen molar-refractivity contribution in [1.29, 1.82) is 0 Å². The average molecular weight is 318 g/mol. The molecule has 3 rings (SSSR count). The molecule has 0 bridgehead atoms. The van der Waals surface area contributed by atoms with Gasteiger partial charge in [0, 0.05) is 12.2 Å². The molecule has 116 valence electrons. The van der Waals surface area contributed by atoms with Crippen molar-refractivity contribution in [2.45, 2.75) is 38.3 Å². The summed E-state index contributed by atoms with van der Waals surface area (Å²) in [6, 6.07) is 6.93. The SMILES string of the molecule is Fc1ccc(Cn2cc(NC(=S)NC3CCCC3)cn2)cc1. The van der Waals surface area contributed by atoms with Gasteiger partial charge in [-0.15, -0.1) is 0 Å². The van der Waals surface area contributed by atoms with Crippen molar-refractivity contribution in [3.8, 4) is 0 Å². The van der Waals surface area contributed by atoms with Crippen LogP contribution in [-0.4, -0.2) is 20.9 Å². The summed E-state index contributed by atoms with van der Waals surface area (Å²) in [5, 5.41) is 11.4. The van der Waals surface area contributed by atoms with E-state index in [0.717, 1.165) is 11.3 Å². The molecule has 2 N–H and O–H groups in total. The largest absolute Gasteiger partial charge is 0.360 e. The Kier molecular flexibility index (Phi) is 4.68. The van der Waals surface area contributed by atoms with Crippen LogP contribution in [0.15, 0.2) is 36.7 Å². The lowest BCUT2D eigenvalue weighted by Gasteiger charge is -2.14. The lowest BCUT2D eigenvalue weighted by atomic mass is 10.2. The fourth-order valence-corrected chi connectivity index (χ4v) is 3.00. The van der Waals surface area contributed by atoms with E-state index in [0.29, 0.717) is 17.7 Å². The van der Waals surface area contributed by atoms with Gasteiger partial charge in [-0.05, 0) is 42.8 Å². The Bertz CT molecular complexity index is 632.